The van der Waals surface area contributed by atoms with Gasteiger partial charge >= 0.3 is 0 Å². The lowest BCUT2D eigenvalue weighted by Gasteiger charge is -2.39. The van der Waals surface area contributed by atoms with E-state index in [1.807, 2.05) is 12.5 Å². The summed E-state index contributed by atoms with van der Waals surface area (Å²) in [6.07, 6.45) is 13.5. The molecule has 2 heterocycles. The first-order chi connectivity index (χ1) is 9.79. The molecule has 1 aromatic rings. The first kappa shape index (κ1) is 12.9. The van der Waals surface area contributed by atoms with Crippen LogP contribution in [0.25, 0.3) is 0 Å². The quantitative estimate of drug-likeness (QED) is 0.843. The van der Waals surface area contributed by atoms with Crippen LogP contribution in [0.2, 0.25) is 0 Å². The Kier molecular flexibility index (Phi) is 3.33. The Labute approximate surface area is 122 Å². The molecule has 5 atom stereocenters. The van der Waals surface area contributed by atoms with Crippen molar-refractivity contribution in [2.75, 3.05) is 19.6 Å². The van der Waals surface area contributed by atoms with Crippen molar-refractivity contribution >= 4 is 0 Å². The molecule has 0 radical (unpaired) electrons. The maximum Gasteiger partial charge on any atom is 0.0949 e. The number of imidazole rings is 1. The Morgan fingerprint density at radius 2 is 2.15 bits per heavy atom. The second-order valence-corrected chi connectivity index (χ2v) is 7.54. The lowest BCUT2D eigenvalue weighted by atomic mass is 9.87. The van der Waals surface area contributed by atoms with Crippen LogP contribution in [0.5, 0.6) is 0 Å². The first-order valence-corrected chi connectivity index (χ1v) is 8.49. The highest BCUT2D eigenvalue weighted by molar-refractivity contribution is 4.93. The molecule has 1 aliphatic heterocycles. The van der Waals surface area contributed by atoms with E-state index in [1.54, 1.807) is 6.42 Å². The van der Waals surface area contributed by atoms with Gasteiger partial charge < -0.3 is 9.47 Å². The fourth-order valence-electron chi connectivity index (χ4n) is 5.07. The Hall–Kier alpha value is -0.830. The molecule has 2 aliphatic carbocycles. The number of aromatic nitrogens is 2. The predicted molar refractivity (Wildman–Crippen MR) is 80.4 cm³/mol. The molecule has 3 heteroatoms. The lowest BCUT2D eigenvalue weighted by Crippen LogP contribution is -2.43. The molecule has 3 aliphatic rings. The van der Waals surface area contributed by atoms with E-state index in [4.69, 9.17) is 0 Å². The summed E-state index contributed by atoms with van der Waals surface area (Å²) in [6.45, 7) is 6.30. The molecule has 2 saturated carbocycles. The number of piperidine rings is 1. The van der Waals surface area contributed by atoms with Crippen LogP contribution in [0.15, 0.2) is 18.7 Å². The minimum absolute atomic E-state index is 0.629. The van der Waals surface area contributed by atoms with E-state index in [-0.39, 0.29) is 0 Å². The normalized spacial score (nSPS) is 41.4. The van der Waals surface area contributed by atoms with Crippen LogP contribution in [-0.4, -0.2) is 34.1 Å². The van der Waals surface area contributed by atoms with Gasteiger partial charge in [0.05, 0.1) is 6.33 Å². The molecule has 5 unspecified atom stereocenters. The fraction of sp³-hybridized carbons (Fsp3) is 0.824. The highest BCUT2D eigenvalue weighted by Gasteiger charge is 2.40. The van der Waals surface area contributed by atoms with Crippen LogP contribution in [-0.2, 0) is 0 Å². The van der Waals surface area contributed by atoms with E-state index in [0.29, 0.717) is 6.04 Å². The molecule has 3 fully saturated rings. The van der Waals surface area contributed by atoms with Gasteiger partial charge in [-0.15, -0.1) is 0 Å². The van der Waals surface area contributed by atoms with Crippen molar-refractivity contribution in [1.29, 1.82) is 0 Å². The number of hydrogen-bond acceptors (Lipinski definition) is 2. The van der Waals surface area contributed by atoms with Crippen molar-refractivity contribution in [2.45, 2.75) is 45.1 Å². The van der Waals surface area contributed by atoms with Crippen LogP contribution < -0.4 is 0 Å². The van der Waals surface area contributed by atoms with Gasteiger partial charge in [-0.25, -0.2) is 4.98 Å². The van der Waals surface area contributed by atoms with Crippen molar-refractivity contribution in [2.24, 2.45) is 23.7 Å². The SMILES string of the molecule is CC1CCN(CC2CC3CCC2C3)CC1n1ccnc1. The summed E-state index contributed by atoms with van der Waals surface area (Å²) in [6, 6.07) is 0.629. The summed E-state index contributed by atoms with van der Waals surface area (Å²) in [4.78, 5) is 6.98. The van der Waals surface area contributed by atoms with E-state index >= 15 is 0 Å². The summed E-state index contributed by atoms with van der Waals surface area (Å²) in [5.41, 5.74) is 0. The minimum Gasteiger partial charge on any atom is -0.333 e. The van der Waals surface area contributed by atoms with Gasteiger partial charge in [0.25, 0.3) is 0 Å². The molecule has 4 rings (SSSR count). The van der Waals surface area contributed by atoms with Gasteiger partial charge in [-0.2, -0.15) is 0 Å². The van der Waals surface area contributed by atoms with Gasteiger partial charge in [-0.1, -0.05) is 13.3 Å². The van der Waals surface area contributed by atoms with Gasteiger partial charge in [0, 0.05) is 31.5 Å². The van der Waals surface area contributed by atoms with E-state index in [2.05, 4.69) is 27.6 Å². The van der Waals surface area contributed by atoms with Gasteiger partial charge in [0.1, 0.15) is 0 Å². The summed E-state index contributed by atoms with van der Waals surface area (Å²) in [5, 5.41) is 0. The number of fused-ring (bicyclic) bond motifs is 2. The van der Waals surface area contributed by atoms with Crippen molar-refractivity contribution in [1.82, 2.24) is 14.5 Å². The van der Waals surface area contributed by atoms with Crippen LogP contribution in [0.4, 0.5) is 0 Å². The van der Waals surface area contributed by atoms with Crippen LogP contribution in [0.1, 0.15) is 45.1 Å². The molecule has 0 aromatic carbocycles. The lowest BCUT2D eigenvalue weighted by molar-refractivity contribution is 0.103. The van der Waals surface area contributed by atoms with Gasteiger partial charge in [-0.3, -0.25) is 0 Å². The Bertz CT molecular complexity index is 441. The fourth-order valence-corrected chi connectivity index (χ4v) is 5.07. The number of hydrogen-bond donors (Lipinski definition) is 0. The first-order valence-electron chi connectivity index (χ1n) is 8.49. The smallest absolute Gasteiger partial charge is 0.0949 e. The molecule has 1 aromatic heterocycles. The van der Waals surface area contributed by atoms with Gasteiger partial charge in [-0.05, 0) is 55.9 Å². The third-order valence-corrected chi connectivity index (χ3v) is 6.29. The largest absolute Gasteiger partial charge is 0.333 e. The van der Waals surface area contributed by atoms with Crippen LogP contribution in [0.3, 0.4) is 0 Å². The molecule has 20 heavy (non-hydrogen) atoms. The molecule has 0 amide bonds. The van der Waals surface area contributed by atoms with Gasteiger partial charge in [0.15, 0.2) is 0 Å². The molecule has 0 spiro atoms. The summed E-state index contributed by atoms with van der Waals surface area (Å²) >= 11 is 0. The zero-order valence-electron chi connectivity index (χ0n) is 12.6. The maximum absolute atomic E-state index is 4.24. The number of rotatable bonds is 3. The standard InChI is InChI=1S/C17H27N3/c1-13-4-6-19(11-17(13)20-7-5-18-12-20)10-16-9-14-2-3-15(16)8-14/h5,7,12-17H,2-4,6,8-11H2,1H3. The summed E-state index contributed by atoms with van der Waals surface area (Å²) in [7, 11) is 0. The van der Waals surface area contributed by atoms with E-state index < -0.39 is 0 Å². The predicted octanol–water partition coefficient (Wildman–Crippen LogP) is 3.20. The molecular formula is C17H27N3. The summed E-state index contributed by atoms with van der Waals surface area (Å²) in [5.74, 6) is 3.93. The molecular weight excluding hydrogens is 246 g/mol. The van der Waals surface area contributed by atoms with E-state index in [9.17, 15) is 0 Å². The molecule has 110 valence electrons. The van der Waals surface area contributed by atoms with Crippen LogP contribution >= 0.6 is 0 Å². The Morgan fingerprint density at radius 3 is 2.85 bits per heavy atom. The Balaban J connectivity index is 1.40. The average Bonchev–Trinajstić information content (AvgIpc) is 3.17. The third-order valence-electron chi connectivity index (χ3n) is 6.29. The maximum atomic E-state index is 4.24. The highest BCUT2D eigenvalue weighted by Crippen LogP contribution is 2.48. The van der Waals surface area contributed by atoms with Crippen molar-refractivity contribution in [3.05, 3.63) is 18.7 Å². The second kappa shape index (κ2) is 5.18. The second-order valence-electron chi connectivity index (χ2n) is 7.54. The minimum atomic E-state index is 0.629. The topological polar surface area (TPSA) is 21.1 Å². The van der Waals surface area contributed by atoms with Crippen molar-refractivity contribution in [3.8, 4) is 0 Å². The number of nitrogens with zero attached hydrogens (tertiary/aromatic N) is 3. The van der Waals surface area contributed by atoms with Gasteiger partial charge in [0.2, 0.25) is 0 Å². The molecule has 1 saturated heterocycles. The molecule has 2 bridgehead atoms. The van der Waals surface area contributed by atoms with E-state index in [1.165, 1.54) is 45.3 Å². The van der Waals surface area contributed by atoms with Crippen molar-refractivity contribution < 1.29 is 0 Å². The number of likely N-dealkylation sites (tertiary alicyclic amines) is 1. The average molecular weight is 273 g/mol. The van der Waals surface area contributed by atoms with Crippen LogP contribution in [0, 0.1) is 23.7 Å². The monoisotopic (exact) mass is 273 g/mol. The molecule has 3 nitrogen and oxygen atoms in total. The van der Waals surface area contributed by atoms with Crippen molar-refractivity contribution in [3.63, 3.8) is 0 Å². The molecule has 0 N–H and O–H groups in total. The highest BCUT2D eigenvalue weighted by atomic mass is 15.2. The zero-order chi connectivity index (χ0) is 13.5. The third kappa shape index (κ3) is 2.30. The van der Waals surface area contributed by atoms with E-state index in [0.717, 1.165) is 23.7 Å². The summed E-state index contributed by atoms with van der Waals surface area (Å²) < 4.78 is 2.33. The Morgan fingerprint density at radius 1 is 1.20 bits per heavy atom. The zero-order valence-corrected chi connectivity index (χ0v) is 12.6.